The zero-order chi connectivity index (χ0) is 14.3. The van der Waals surface area contributed by atoms with Crippen LogP contribution in [0.15, 0.2) is 39.5 Å². The van der Waals surface area contributed by atoms with Gasteiger partial charge in [0.25, 0.3) is 0 Å². The summed E-state index contributed by atoms with van der Waals surface area (Å²) in [5.41, 5.74) is 1.20. The van der Waals surface area contributed by atoms with Gasteiger partial charge in [0.05, 0.1) is 19.6 Å². The minimum absolute atomic E-state index is 0.393. The van der Waals surface area contributed by atoms with E-state index < -0.39 is 5.63 Å². The molecule has 20 heavy (non-hydrogen) atoms. The van der Waals surface area contributed by atoms with E-state index >= 15 is 0 Å². The van der Waals surface area contributed by atoms with Crippen LogP contribution in [0.1, 0.15) is 5.56 Å². The van der Waals surface area contributed by atoms with Crippen LogP contribution in [0.5, 0.6) is 11.5 Å². The van der Waals surface area contributed by atoms with Crippen LogP contribution in [0.3, 0.4) is 0 Å². The van der Waals surface area contributed by atoms with Crippen LogP contribution < -0.4 is 15.1 Å². The third kappa shape index (κ3) is 1.81. The highest BCUT2D eigenvalue weighted by atomic mass is 16.5. The fourth-order valence-corrected chi connectivity index (χ4v) is 2.38. The molecule has 0 atom stereocenters. The first-order valence-corrected chi connectivity index (χ1v) is 6.23. The Morgan fingerprint density at radius 1 is 1.00 bits per heavy atom. The summed E-state index contributed by atoms with van der Waals surface area (Å²) in [6, 6.07) is 9.19. The van der Waals surface area contributed by atoms with Crippen LogP contribution in [0.2, 0.25) is 0 Å². The average molecular weight is 270 g/mol. The lowest BCUT2D eigenvalue weighted by atomic mass is 10.0. The topological polar surface area (TPSA) is 48.7 Å². The maximum absolute atomic E-state index is 12.2. The van der Waals surface area contributed by atoms with Gasteiger partial charge in [-0.3, -0.25) is 0 Å². The lowest BCUT2D eigenvalue weighted by molar-refractivity contribution is 0.397. The molecule has 0 saturated heterocycles. The Balaban J connectivity index is 2.57. The SMILES string of the molecule is COc1cc(OC)c2c(c1)c(=O)oc1cc(C)ccc12. The first-order chi connectivity index (χ1) is 9.63. The Bertz CT molecular complexity index is 862. The largest absolute Gasteiger partial charge is 0.497 e. The third-order valence-electron chi connectivity index (χ3n) is 3.36. The minimum atomic E-state index is -0.393. The molecule has 0 fully saturated rings. The molecule has 3 aromatic rings. The van der Waals surface area contributed by atoms with Gasteiger partial charge in [0, 0.05) is 16.8 Å². The summed E-state index contributed by atoms with van der Waals surface area (Å²) >= 11 is 0. The maximum atomic E-state index is 12.2. The second-order valence-electron chi connectivity index (χ2n) is 4.64. The van der Waals surface area contributed by atoms with Gasteiger partial charge in [-0.1, -0.05) is 12.1 Å². The third-order valence-corrected chi connectivity index (χ3v) is 3.36. The van der Waals surface area contributed by atoms with Crippen LogP contribution in [-0.4, -0.2) is 14.2 Å². The smallest absolute Gasteiger partial charge is 0.344 e. The zero-order valence-electron chi connectivity index (χ0n) is 11.5. The molecular formula is C16H14O4. The van der Waals surface area contributed by atoms with Crippen molar-refractivity contribution in [2.24, 2.45) is 0 Å². The molecule has 0 N–H and O–H groups in total. The zero-order valence-corrected chi connectivity index (χ0v) is 11.5. The van der Waals surface area contributed by atoms with E-state index in [1.54, 1.807) is 26.4 Å². The van der Waals surface area contributed by atoms with Gasteiger partial charge in [0.1, 0.15) is 17.1 Å². The van der Waals surface area contributed by atoms with Gasteiger partial charge in [0.2, 0.25) is 0 Å². The highest BCUT2D eigenvalue weighted by molar-refractivity contribution is 6.08. The van der Waals surface area contributed by atoms with Gasteiger partial charge >= 0.3 is 5.63 Å². The van der Waals surface area contributed by atoms with Crippen molar-refractivity contribution in [3.05, 3.63) is 46.3 Å². The first kappa shape index (κ1) is 12.5. The van der Waals surface area contributed by atoms with Crippen molar-refractivity contribution in [3.63, 3.8) is 0 Å². The molecule has 2 aromatic carbocycles. The lowest BCUT2D eigenvalue weighted by Gasteiger charge is -2.10. The molecule has 0 bridgehead atoms. The summed E-state index contributed by atoms with van der Waals surface area (Å²) in [4.78, 5) is 12.2. The molecule has 102 valence electrons. The Kier molecular flexibility index (Phi) is 2.86. The molecule has 0 spiro atoms. The van der Waals surface area contributed by atoms with E-state index in [0.29, 0.717) is 22.5 Å². The molecular weight excluding hydrogens is 256 g/mol. The molecule has 0 aliphatic carbocycles. The van der Waals surface area contributed by atoms with Gasteiger partial charge in [-0.25, -0.2) is 4.79 Å². The molecule has 0 aliphatic rings. The van der Waals surface area contributed by atoms with Crippen molar-refractivity contribution in [2.75, 3.05) is 14.2 Å². The standard InChI is InChI=1S/C16H14O4/c1-9-4-5-11-13(6-9)20-16(17)12-7-10(18-2)8-14(19-3)15(11)12/h4-8H,1-3H3. The van der Waals surface area contributed by atoms with E-state index in [1.807, 2.05) is 25.1 Å². The monoisotopic (exact) mass is 270 g/mol. The number of fused-ring (bicyclic) bond motifs is 3. The first-order valence-electron chi connectivity index (χ1n) is 6.23. The minimum Gasteiger partial charge on any atom is -0.497 e. The second kappa shape index (κ2) is 4.56. The van der Waals surface area contributed by atoms with Gasteiger partial charge in [-0.2, -0.15) is 0 Å². The van der Waals surface area contributed by atoms with Crippen molar-refractivity contribution in [2.45, 2.75) is 6.92 Å². The fraction of sp³-hybridized carbons (Fsp3) is 0.188. The van der Waals surface area contributed by atoms with Crippen molar-refractivity contribution < 1.29 is 13.9 Å². The predicted molar refractivity (Wildman–Crippen MR) is 77.8 cm³/mol. The number of hydrogen-bond donors (Lipinski definition) is 0. The summed E-state index contributed by atoms with van der Waals surface area (Å²) in [5, 5.41) is 2.06. The van der Waals surface area contributed by atoms with E-state index in [2.05, 4.69) is 0 Å². The summed E-state index contributed by atoms with van der Waals surface area (Å²) in [5.74, 6) is 1.16. The van der Waals surface area contributed by atoms with E-state index in [0.717, 1.165) is 16.3 Å². The number of hydrogen-bond acceptors (Lipinski definition) is 4. The summed E-state index contributed by atoms with van der Waals surface area (Å²) < 4.78 is 16.0. The van der Waals surface area contributed by atoms with Crippen molar-refractivity contribution in [1.82, 2.24) is 0 Å². The van der Waals surface area contributed by atoms with E-state index in [1.165, 1.54) is 0 Å². The summed E-state index contributed by atoms with van der Waals surface area (Å²) in [6.45, 7) is 1.95. The van der Waals surface area contributed by atoms with Crippen LogP contribution in [0.4, 0.5) is 0 Å². The second-order valence-corrected chi connectivity index (χ2v) is 4.64. The lowest BCUT2D eigenvalue weighted by Crippen LogP contribution is -2.02. The number of methoxy groups -OCH3 is 2. The average Bonchev–Trinajstić information content (AvgIpc) is 2.46. The van der Waals surface area contributed by atoms with Gasteiger partial charge in [-0.15, -0.1) is 0 Å². The van der Waals surface area contributed by atoms with E-state index in [9.17, 15) is 4.79 Å². The number of rotatable bonds is 2. The normalized spacial score (nSPS) is 10.9. The highest BCUT2D eigenvalue weighted by Gasteiger charge is 2.14. The molecule has 4 nitrogen and oxygen atoms in total. The molecule has 0 radical (unpaired) electrons. The van der Waals surface area contributed by atoms with Crippen LogP contribution in [0, 0.1) is 6.92 Å². The molecule has 1 heterocycles. The van der Waals surface area contributed by atoms with Crippen LogP contribution in [-0.2, 0) is 0 Å². The molecule has 0 aliphatic heterocycles. The molecule has 3 rings (SSSR count). The summed E-state index contributed by atoms with van der Waals surface area (Å²) in [7, 11) is 3.12. The van der Waals surface area contributed by atoms with Crippen LogP contribution in [0.25, 0.3) is 21.7 Å². The van der Waals surface area contributed by atoms with Crippen LogP contribution >= 0.6 is 0 Å². The van der Waals surface area contributed by atoms with Gasteiger partial charge < -0.3 is 13.9 Å². The predicted octanol–water partition coefficient (Wildman–Crippen LogP) is 3.27. The number of ether oxygens (including phenoxy) is 2. The van der Waals surface area contributed by atoms with Crippen molar-refractivity contribution in [1.29, 1.82) is 0 Å². The molecule has 4 heteroatoms. The molecule has 0 amide bonds. The van der Waals surface area contributed by atoms with Crippen molar-refractivity contribution >= 4 is 21.7 Å². The number of aryl methyl sites for hydroxylation is 1. The molecule has 1 aromatic heterocycles. The summed E-state index contributed by atoms with van der Waals surface area (Å²) in [6.07, 6.45) is 0. The van der Waals surface area contributed by atoms with Gasteiger partial charge in [-0.05, 0) is 24.6 Å². The van der Waals surface area contributed by atoms with Crippen molar-refractivity contribution in [3.8, 4) is 11.5 Å². The Hall–Kier alpha value is -2.49. The molecule has 0 unspecified atom stereocenters. The van der Waals surface area contributed by atoms with Gasteiger partial charge in [0.15, 0.2) is 0 Å². The number of benzene rings is 2. The van der Waals surface area contributed by atoms with E-state index in [4.69, 9.17) is 13.9 Å². The Morgan fingerprint density at radius 2 is 1.80 bits per heavy atom. The quantitative estimate of drug-likeness (QED) is 0.529. The highest BCUT2D eigenvalue weighted by Crippen LogP contribution is 2.34. The fourth-order valence-electron chi connectivity index (χ4n) is 2.38. The Labute approximate surface area is 115 Å². The Morgan fingerprint density at radius 3 is 2.50 bits per heavy atom. The van der Waals surface area contributed by atoms with E-state index in [-0.39, 0.29) is 0 Å². The maximum Gasteiger partial charge on any atom is 0.344 e. The molecule has 0 saturated carbocycles.